The van der Waals surface area contributed by atoms with Gasteiger partial charge in [0, 0.05) is 28.5 Å². The van der Waals surface area contributed by atoms with Crippen LogP contribution in [-0.2, 0) is 6.54 Å². The van der Waals surface area contributed by atoms with E-state index in [9.17, 15) is 4.79 Å². The molecule has 4 heterocycles. The fourth-order valence-electron chi connectivity index (χ4n) is 5.13. The highest BCUT2D eigenvalue weighted by atomic mass is 35.5. The van der Waals surface area contributed by atoms with Crippen LogP contribution in [-0.4, -0.2) is 50.6 Å². The molecule has 2 aromatic carbocycles. The Kier molecular flexibility index (Phi) is 7.89. The first-order valence-electron chi connectivity index (χ1n) is 13.7. The van der Waals surface area contributed by atoms with Gasteiger partial charge in [-0.15, -0.1) is 0 Å². The molecule has 13 heteroatoms. The largest absolute Gasteiger partial charge is 0.489 e. The van der Waals surface area contributed by atoms with E-state index in [1.165, 1.54) is 0 Å². The summed E-state index contributed by atoms with van der Waals surface area (Å²) in [6.45, 7) is 5.12. The van der Waals surface area contributed by atoms with Crippen LogP contribution in [0.2, 0.25) is 5.02 Å². The Balaban J connectivity index is 1.36. The second kappa shape index (κ2) is 12.0. The molecule has 0 atom stereocenters. The van der Waals surface area contributed by atoms with E-state index in [1.54, 1.807) is 36.5 Å². The number of carbonyl (C=O) groups is 1. The van der Waals surface area contributed by atoms with Crippen molar-refractivity contribution in [1.82, 2.24) is 30.2 Å². The molecule has 5 N–H and O–H groups in total. The number of ether oxygens (including phenoxy) is 1. The lowest BCUT2D eigenvalue weighted by atomic mass is 9.99. The molecule has 0 radical (unpaired) electrons. The number of imidazole rings is 1. The first kappa shape index (κ1) is 27.5. The summed E-state index contributed by atoms with van der Waals surface area (Å²) < 4.78 is 13.2. The number of benzene rings is 2. The highest BCUT2D eigenvalue weighted by Crippen LogP contribution is 2.37. The number of rotatable bonds is 8. The molecule has 42 heavy (non-hydrogen) atoms. The van der Waals surface area contributed by atoms with Crippen LogP contribution in [0.5, 0.6) is 5.75 Å². The number of carbonyl (C=O) groups excluding carboxylic acids is 1. The lowest BCUT2D eigenvalue weighted by molar-refractivity contribution is 0.216. The number of piperidine rings is 1. The monoisotopic (exact) mass is 587 g/mol. The van der Waals surface area contributed by atoms with Crippen LogP contribution >= 0.6 is 11.6 Å². The van der Waals surface area contributed by atoms with Gasteiger partial charge in [0.05, 0.1) is 18.5 Å². The van der Waals surface area contributed by atoms with Gasteiger partial charge in [0.1, 0.15) is 11.0 Å². The first-order valence-corrected chi connectivity index (χ1v) is 14.1. The zero-order chi connectivity index (χ0) is 29.1. The summed E-state index contributed by atoms with van der Waals surface area (Å²) in [5.41, 5.74) is 10.3. The number of aryl methyl sites for hydroxylation is 1. The van der Waals surface area contributed by atoms with Crippen molar-refractivity contribution < 1.29 is 14.2 Å². The number of pyridine rings is 1. The van der Waals surface area contributed by atoms with Gasteiger partial charge in [-0.3, -0.25) is 0 Å². The molecule has 0 spiro atoms. The molecule has 216 valence electrons. The van der Waals surface area contributed by atoms with Crippen molar-refractivity contribution in [2.45, 2.75) is 26.3 Å². The number of anilines is 3. The topological polar surface area (TPSA) is 158 Å². The highest BCUT2D eigenvalue weighted by Gasteiger charge is 2.25. The Morgan fingerprint density at radius 1 is 1.12 bits per heavy atom. The van der Waals surface area contributed by atoms with E-state index < -0.39 is 6.03 Å². The van der Waals surface area contributed by atoms with Crippen molar-refractivity contribution in [3.63, 3.8) is 0 Å². The molecule has 0 aliphatic carbocycles. The summed E-state index contributed by atoms with van der Waals surface area (Å²) in [6, 6.07) is 13.9. The van der Waals surface area contributed by atoms with Crippen LogP contribution in [0.3, 0.4) is 0 Å². The Hall–Kier alpha value is -4.68. The second-order valence-electron chi connectivity index (χ2n) is 10.0. The number of hydrogen-bond acceptors (Lipinski definition) is 9. The van der Waals surface area contributed by atoms with Crippen LogP contribution in [0.25, 0.3) is 33.8 Å². The summed E-state index contributed by atoms with van der Waals surface area (Å²) in [4.78, 5) is 22.4. The molecular formula is C29H30ClN9O3. The summed E-state index contributed by atoms with van der Waals surface area (Å²) in [5.74, 6) is 1.72. The summed E-state index contributed by atoms with van der Waals surface area (Å²) in [5, 5.41) is 17.3. The fourth-order valence-corrected chi connectivity index (χ4v) is 5.32. The minimum atomic E-state index is -0.402. The van der Waals surface area contributed by atoms with E-state index >= 15 is 0 Å². The molecule has 2 amide bonds. The van der Waals surface area contributed by atoms with Gasteiger partial charge in [-0.1, -0.05) is 29.8 Å². The maximum Gasteiger partial charge on any atom is 0.323 e. The van der Waals surface area contributed by atoms with Crippen molar-refractivity contribution in [2.75, 3.05) is 36.1 Å². The Morgan fingerprint density at radius 2 is 1.88 bits per heavy atom. The maximum atomic E-state index is 12.7. The van der Waals surface area contributed by atoms with Gasteiger partial charge in [-0.25, -0.2) is 19.4 Å². The van der Waals surface area contributed by atoms with Gasteiger partial charge in [-0.05, 0) is 79.4 Å². The molecule has 0 saturated carbocycles. The van der Waals surface area contributed by atoms with Crippen LogP contribution in [0.15, 0.2) is 59.4 Å². The Bertz CT molecular complexity index is 1730. The Labute approximate surface area is 246 Å². The van der Waals surface area contributed by atoms with Crippen molar-refractivity contribution in [3.05, 3.63) is 59.8 Å². The Morgan fingerprint density at radius 3 is 2.60 bits per heavy atom. The minimum Gasteiger partial charge on any atom is -0.489 e. The third-order valence-corrected chi connectivity index (χ3v) is 7.42. The zero-order valence-electron chi connectivity index (χ0n) is 22.9. The number of hydrogen-bond donors (Lipinski definition) is 4. The molecule has 12 nitrogen and oxygen atoms in total. The SMILES string of the molecule is CCn1c(-c2nonc2N)nc2c(-c3cccc(NC(=O)Nc4cccc(Cl)c4)c3)ncc(OCC3CCNCC3)c21. The number of amides is 2. The summed E-state index contributed by atoms with van der Waals surface area (Å²) in [7, 11) is 0. The number of nitrogens with two attached hydrogens (primary N) is 1. The predicted octanol–water partition coefficient (Wildman–Crippen LogP) is 5.43. The molecule has 1 aliphatic rings. The van der Waals surface area contributed by atoms with E-state index in [1.807, 2.05) is 29.7 Å². The van der Waals surface area contributed by atoms with Crippen LogP contribution in [0.1, 0.15) is 19.8 Å². The highest BCUT2D eigenvalue weighted by molar-refractivity contribution is 6.30. The van der Waals surface area contributed by atoms with Gasteiger partial charge >= 0.3 is 6.03 Å². The molecule has 6 rings (SSSR count). The number of nitrogens with one attached hydrogen (secondary N) is 3. The van der Waals surface area contributed by atoms with Gasteiger partial charge in [0.2, 0.25) is 0 Å². The van der Waals surface area contributed by atoms with Gasteiger partial charge in [-0.2, -0.15) is 0 Å². The van der Waals surface area contributed by atoms with E-state index in [0.717, 1.165) is 37.0 Å². The zero-order valence-corrected chi connectivity index (χ0v) is 23.7. The van der Waals surface area contributed by atoms with Gasteiger partial charge < -0.3 is 31.0 Å². The van der Waals surface area contributed by atoms with Gasteiger partial charge in [0.25, 0.3) is 0 Å². The molecule has 3 aromatic heterocycles. The first-order chi connectivity index (χ1) is 20.5. The van der Waals surface area contributed by atoms with Crippen molar-refractivity contribution in [2.24, 2.45) is 5.92 Å². The van der Waals surface area contributed by atoms with Crippen molar-refractivity contribution in [1.29, 1.82) is 0 Å². The molecule has 1 saturated heterocycles. The minimum absolute atomic E-state index is 0.142. The standard InChI is InChI=1S/C29H30ClN9O3/c1-2-39-26-22(41-16-17-9-11-32-12-10-17)15-33-23(24(26)36-28(39)25-27(31)38-42-37-25)18-5-3-7-20(13-18)34-29(40)35-21-8-4-6-19(30)14-21/h3-8,13-15,17,32H,2,9-12,16H2,1H3,(H2,31,38)(H2,34,35,40). The molecular weight excluding hydrogens is 558 g/mol. The summed E-state index contributed by atoms with van der Waals surface area (Å²) in [6.07, 6.45) is 3.84. The van der Waals surface area contributed by atoms with E-state index in [4.69, 9.17) is 36.7 Å². The van der Waals surface area contributed by atoms with Crippen LogP contribution in [0, 0.1) is 5.92 Å². The molecule has 5 aromatic rings. The van der Waals surface area contributed by atoms with Gasteiger partial charge in [0.15, 0.2) is 23.1 Å². The third-order valence-electron chi connectivity index (χ3n) is 7.19. The lowest BCUT2D eigenvalue weighted by Gasteiger charge is -2.23. The smallest absolute Gasteiger partial charge is 0.323 e. The average Bonchev–Trinajstić information content (AvgIpc) is 3.59. The van der Waals surface area contributed by atoms with Crippen LogP contribution < -0.4 is 26.4 Å². The van der Waals surface area contributed by atoms with Crippen molar-refractivity contribution >= 4 is 45.9 Å². The molecule has 1 aliphatic heterocycles. The number of urea groups is 1. The number of nitrogens with zero attached hydrogens (tertiary/aromatic N) is 5. The average molecular weight is 588 g/mol. The number of halogens is 1. The number of aromatic nitrogens is 5. The maximum absolute atomic E-state index is 12.7. The van der Waals surface area contributed by atoms with Crippen LogP contribution in [0.4, 0.5) is 22.0 Å². The van der Waals surface area contributed by atoms with E-state index in [-0.39, 0.29) is 5.82 Å². The lowest BCUT2D eigenvalue weighted by Crippen LogP contribution is -2.30. The molecule has 0 bridgehead atoms. The molecule has 1 fully saturated rings. The fraction of sp³-hybridized carbons (Fsp3) is 0.276. The number of nitrogen functional groups attached to an aromatic ring is 1. The predicted molar refractivity (Wildman–Crippen MR) is 162 cm³/mol. The third kappa shape index (κ3) is 5.71. The van der Waals surface area contributed by atoms with E-state index in [2.05, 4.69) is 26.3 Å². The number of fused-ring (bicyclic) bond motifs is 1. The summed E-state index contributed by atoms with van der Waals surface area (Å²) >= 11 is 6.04. The normalized spacial score (nSPS) is 13.8. The van der Waals surface area contributed by atoms with E-state index in [0.29, 0.717) is 63.9 Å². The second-order valence-corrected chi connectivity index (χ2v) is 10.5. The quantitative estimate of drug-likeness (QED) is 0.186. The van der Waals surface area contributed by atoms with Crippen molar-refractivity contribution in [3.8, 4) is 28.5 Å². The molecule has 0 unspecified atom stereocenters.